The molecule has 0 saturated heterocycles. The van der Waals surface area contributed by atoms with Gasteiger partial charge in [0.05, 0.1) is 10.5 Å². The van der Waals surface area contributed by atoms with Gasteiger partial charge in [-0.25, -0.2) is 4.39 Å². The van der Waals surface area contributed by atoms with E-state index in [-0.39, 0.29) is 12.1 Å². The summed E-state index contributed by atoms with van der Waals surface area (Å²) < 4.78 is 13.2. The molecule has 1 aromatic carbocycles. The van der Waals surface area contributed by atoms with E-state index in [0.29, 0.717) is 0 Å². The number of nitro groups is 1. The summed E-state index contributed by atoms with van der Waals surface area (Å²) in [5, 5.41) is 19.9. The quantitative estimate of drug-likeness (QED) is 0.498. The van der Waals surface area contributed by atoms with Gasteiger partial charge in [0.2, 0.25) is 5.75 Å². The van der Waals surface area contributed by atoms with E-state index in [4.69, 9.17) is 11.5 Å². The number of nitro benzene ring substituents is 1. The highest BCUT2D eigenvalue weighted by atomic mass is 19.1. The van der Waals surface area contributed by atoms with E-state index in [1.165, 1.54) is 0 Å². The van der Waals surface area contributed by atoms with Crippen LogP contribution >= 0.6 is 0 Å². The zero-order valence-electron chi connectivity index (χ0n) is 7.68. The maximum Gasteiger partial charge on any atom is 0.311 e. The number of rotatable bonds is 3. The Hall–Kier alpha value is -1.73. The van der Waals surface area contributed by atoms with Crippen molar-refractivity contribution in [2.24, 2.45) is 11.5 Å². The summed E-state index contributed by atoms with van der Waals surface area (Å²) in [6, 6.07) is 0.782. The summed E-state index contributed by atoms with van der Waals surface area (Å²) in [5.74, 6) is -1.57. The lowest BCUT2D eigenvalue weighted by molar-refractivity contribution is -0.386. The van der Waals surface area contributed by atoms with Crippen molar-refractivity contribution in [3.8, 4) is 5.75 Å². The first-order chi connectivity index (χ1) is 6.99. The van der Waals surface area contributed by atoms with E-state index in [0.717, 1.165) is 12.1 Å². The highest BCUT2D eigenvalue weighted by molar-refractivity contribution is 5.52. The standard InChI is InChI=1S/C8H10FN3O3/c9-4-1-2-6(12(14)15)8(13)7(4)5(11)3-10/h1-2,5,13H,3,10-11H2/t5-/m0/s1. The number of nitrogens with two attached hydrogens (primary N) is 2. The molecule has 0 aliphatic rings. The third-order valence-electron chi connectivity index (χ3n) is 1.96. The SMILES string of the molecule is NC[C@H](N)c1c(F)ccc([N+](=O)[O-])c1O. The Bertz CT molecular complexity index is 397. The Morgan fingerprint density at radius 3 is 2.67 bits per heavy atom. The molecule has 0 amide bonds. The smallest absolute Gasteiger partial charge is 0.311 e. The minimum atomic E-state index is -0.968. The molecule has 5 N–H and O–H groups in total. The molecular weight excluding hydrogens is 205 g/mol. The van der Waals surface area contributed by atoms with E-state index >= 15 is 0 Å². The van der Waals surface area contributed by atoms with Crippen molar-refractivity contribution < 1.29 is 14.4 Å². The lowest BCUT2D eigenvalue weighted by atomic mass is 10.0. The molecule has 6 nitrogen and oxygen atoms in total. The number of benzene rings is 1. The van der Waals surface area contributed by atoms with Crippen LogP contribution in [-0.2, 0) is 0 Å². The van der Waals surface area contributed by atoms with Crippen molar-refractivity contribution in [2.75, 3.05) is 6.54 Å². The van der Waals surface area contributed by atoms with Gasteiger partial charge in [-0.2, -0.15) is 0 Å². The van der Waals surface area contributed by atoms with Crippen LogP contribution in [0.2, 0.25) is 0 Å². The molecule has 0 radical (unpaired) electrons. The molecule has 0 spiro atoms. The fourth-order valence-electron chi connectivity index (χ4n) is 1.19. The average molecular weight is 215 g/mol. The van der Waals surface area contributed by atoms with Crippen LogP contribution in [0, 0.1) is 15.9 Å². The molecule has 1 atom stereocenters. The monoisotopic (exact) mass is 215 g/mol. The predicted octanol–water partition coefficient (Wildman–Crippen LogP) is 0.398. The van der Waals surface area contributed by atoms with Crippen LogP contribution in [0.3, 0.4) is 0 Å². The molecule has 1 aromatic rings. The summed E-state index contributed by atoms with van der Waals surface area (Å²) in [7, 11) is 0. The maximum atomic E-state index is 13.2. The van der Waals surface area contributed by atoms with Crippen molar-refractivity contribution in [1.29, 1.82) is 0 Å². The molecule has 0 unspecified atom stereocenters. The van der Waals surface area contributed by atoms with Crippen LogP contribution in [0.15, 0.2) is 12.1 Å². The number of hydrogen-bond acceptors (Lipinski definition) is 5. The number of hydrogen-bond donors (Lipinski definition) is 3. The third kappa shape index (κ3) is 2.03. The summed E-state index contributed by atoms with van der Waals surface area (Å²) in [6.07, 6.45) is 0. The van der Waals surface area contributed by atoms with Crippen LogP contribution in [0.1, 0.15) is 11.6 Å². The van der Waals surface area contributed by atoms with Gasteiger partial charge in [-0.1, -0.05) is 0 Å². The second kappa shape index (κ2) is 4.20. The first-order valence-electron chi connectivity index (χ1n) is 4.10. The van der Waals surface area contributed by atoms with E-state index in [2.05, 4.69) is 0 Å². The number of halogens is 1. The van der Waals surface area contributed by atoms with Crippen molar-refractivity contribution in [1.82, 2.24) is 0 Å². The van der Waals surface area contributed by atoms with Gasteiger partial charge in [-0.3, -0.25) is 10.1 Å². The molecule has 7 heteroatoms. The van der Waals surface area contributed by atoms with Gasteiger partial charge in [0, 0.05) is 18.7 Å². The Labute approximate surface area is 84.5 Å². The molecule has 0 saturated carbocycles. The molecule has 0 heterocycles. The largest absolute Gasteiger partial charge is 0.502 e. The van der Waals surface area contributed by atoms with Gasteiger partial charge in [0.1, 0.15) is 5.82 Å². The summed E-state index contributed by atoms with van der Waals surface area (Å²) in [4.78, 5) is 9.63. The van der Waals surface area contributed by atoms with Crippen LogP contribution in [0.25, 0.3) is 0 Å². The van der Waals surface area contributed by atoms with Gasteiger partial charge < -0.3 is 16.6 Å². The maximum absolute atomic E-state index is 13.2. The molecule has 0 fully saturated rings. The fraction of sp³-hybridized carbons (Fsp3) is 0.250. The van der Waals surface area contributed by atoms with Crippen LogP contribution in [-0.4, -0.2) is 16.6 Å². The first kappa shape index (κ1) is 11.3. The molecule has 82 valence electrons. The van der Waals surface area contributed by atoms with Crippen LogP contribution in [0.5, 0.6) is 5.75 Å². The topological polar surface area (TPSA) is 115 Å². The Morgan fingerprint density at radius 1 is 1.60 bits per heavy atom. The van der Waals surface area contributed by atoms with Crippen molar-refractivity contribution in [3.63, 3.8) is 0 Å². The lowest BCUT2D eigenvalue weighted by Gasteiger charge is -2.11. The second-order valence-electron chi connectivity index (χ2n) is 2.93. The predicted molar refractivity (Wildman–Crippen MR) is 50.7 cm³/mol. The highest BCUT2D eigenvalue weighted by Gasteiger charge is 2.23. The molecule has 0 aliphatic heterocycles. The minimum Gasteiger partial charge on any atom is -0.502 e. The number of phenolic OH excluding ortho intramolecular Hbond substituents is 1. The van der Waals surface area contributed by atoms with Crippen molar-refractivity contribution in [3.05, 3.63) is 33.6 Å². The first-order valence-corrected chi connectivity index (χ1v) is 4.10. The van der Waals surface area contributed by atoms with Gasteiger partial charge in [-0.15, -0.1) is 0 Å². The minimum absolute atomic E-state index is 0.119. The van der Waals surface area contributed by atoms with Crippen molar-refractivity contribution in [2.45, 2.75) is 6.04 Å². The number of nitrogens with zero attached hydrogens (tertiary/aromatic N) is 1. The zero-order valence-corrected chi connectivity index (χ0v) is 7.68. The van der Waals surface area contributed by atoms with E-state index in [9.17, 15) is 19.6 Å². The molecule has 0 bridgehead atoms. The highest BCUT2D eigenvalue weighted by Crippen LogP contribution is 2.34. The summed E-state index contributed by atoms with van der Waals surface area (Å²) >= 11 is 0. The average Bonchev–Trinajstić information content (AvgIpc) is 2.16. The van der Waals surface area contributed by atoms with E-state index < -0.39 is 28.2 Å². The molecule has 1 rings (SSSR count). The van der Waals surface area contributed by atoms with Gasteiger partial charge in [0.25, 0.3) is 0 Å². The summed E-state index contributed by atoms with van der Waals surface area (Å²) in [6.45, 7) is -0.119. The van der Waals surface area contributed by atoms with Gasteiger partial charge >= 0.3 is 5.69 Å². The third-order valence-corrected chi connectivity index (χ3v) is 1.96. The second-order valence-corrected chi connectivity index (χ2v) is 2.93. The van der Waals surface area contributed by atoms with E-state index in [1.54, 1.807) is 0 Å². The Balaban J connectivity index is 3.36. The molecular formula is C8H10FN3O3. The van der Waals surface area contributed by atoms with E-state index in [1.807, 2.05) is 0 Å². The van der Waals surface area contributed by atoms with Gasteiger partial charge in [-0.05, 0) is 6.07 Å². The van der Waals surface area contributed by atoms with Crippen LogP contribution < -0.4 is 11.5 Å². The van der Waals surface area contributed by atoms with Crippen molar-refractivity contribution >= 4 is 5.69 Å². The number of phenols is 1. The Morgan fingerprint density at radius 2 is 2.20 bits per heavy atom. The van der Waals surface area contributed by atoms with Gasteiger partial charge in [0.15, 0.2) is 0 Å². The summed E-state index contributed by atoms with van der Waals surface area (Å²) in [5.41, 5.74) is 9.70. The lowest BCUT2D eigenvalue weighted by Crippen LogP contribution is -2.22. The zero-order chi connectivity index (χ0) is 11.6. The fourth-order valence-corrected chi connectivity index (χ4v) is 1.19. The number of aromatic hydroxyl groups is 1. The normalized spacial score (nSPS) is 12.5. The van der Waals surface area contributed by atoms with Crippen LogP contribution in [0.4, 0.5) is 10.1 Å². The molecule has 0 aliphatic carbocycles. The molecule has 0 aromatic heterocycles. The molecule has 15 heavy (non-hydrogen) atoms. The Kier molecular flexibility index (Phi) is 3.17.